The van der Waals surface area contributed by atoms with E-state index in [1.807, 2.05) is 0 Å². The summed E-state index contributed by atoms with van der Waals surface area (Å²) >= 11 is 0. The molecule has 0 aromatic heterocycles. The van der Waals surface area contributed by atoms with Gasteiger partial charge in [0.25, 0.3) is 0 Å². The summed E-state index contributed by atoms with van der Waals surface area (Å²) in [6, 6.07) is 0.620. The molecule has 1 fully saturated rings. The van der Waals surface area contributed by atoms with Gasteiger partial charge in [-0.25, -0.2) is 0 Å². The second kappa shape index (κ2) is 5.69. The van der Waals surface area contributed by atoms with Crippen molar-refractivity contribution < 1.29 is 5.11 Å². The van der Waals surface area contributed by atoms with Gasteiger partial charge in [-0.1, -0.05) is 13.8 Å². The number of piperidine rings is 1. The Labute approximate surface area is 87.3 Å². The molecule has 84 valence electrons. The van der Waals surface area contributed by atoms with Crippen LogP contribution in [0.5, 0.6) is 0 Å². The maximum atomic E-state index is 9.63. The molecule has 0 aromatic rings. The maximum Gasteiger partial charge on any atom is 0.0590 e. The molecule has 14 heavy (non-hydrogen) atoms. The van der Waals surface area contributed by atoms with Crippen molar-refractivity contribution in [3.05, 3.63) is 0 Å². The minimum atomic E-state index is -0.0957. The van der Waals surface area contributed by atoms with Crippen LogP contribution in [0.1, 0.15) is 33.1 Å². The highest BCUT2D eigenvalue weighted by Crippen LogP contribution is 2.20. The van der Waals surface area contributed by atoms with Gasteiger partial charge in [-0.3, -0.25) is 4.90 Å². The molecule has 3 nitrogen and oxygen atoms in total. The van der Waals surface area contributed by atoms with E-state index in [2.05, 4.69) is 18.7 Å². The van der Waals surface area contributed by atoms with Crippen molar-refractivity contribution in [2.45, 2.75) is 45.3 Å². The quantitative estimate of drug-likeness (QED) is 0.706. The average molecular weight is 200 g/mol. The molecule has 0 amide bonds. The molecule has 3 N–H and O–H groups in total. The summed E-state index contributed by atoms with van der Waals surface area (Å²) in [7, 11) is 0. The molecule has 0 spiro atoms. The fraction of sp³-hybridized carbons (Fsp3) is 1.00. The van der Waals surface area contributed by atoms with Gasteiger partial charge in [-0.2, -0.15) is 0 Å². The third-order valence-electron chi connectivity index (χ3n) is 3.38. The van der Waals surface area contributed by atoms with Crippen molar-refractivity contribution in [1.82, 2.24) is 4.90 Å². The van der Waals surface area contributed by atoms with Crippen molar-refractivity contribution in [2.75, 3.05) is 19.6 Å². The Morgan fingerprint density at radius 3 is 2.79 bits per heavy atom. The average Bonchev–Trinajstić information content (AvgIpc) is 2.19. The number of nitrogens with two attached hydrogens (primary N) is 1. The molecule has 0 saturated carbocycles. The zero-order valence-electron chi connectivity index (χ0n) is 9.45. The molecule has 1 rings (SSSR count). The summed E-state index contributed by atoms with van der Waals surface area (Å²) < 4.78 is 0. The largest absolute Gasteiger partial charge is 0.393 e. The van der Waals surface area contributed by atoms with Gasteiger partial charge in [0.2, 0.25) is 0 Å². The van der Waals surface area contributed by atoms with Crippen LogP contribution in [0.15, 0.2) is 0 Å². The fourth-order valence-corrected chi connectivity index (χ4v) is 2.33. The van der Waals surface area contributed by atoms with Crippen LogP contribution in [-0.4, -0.2) is 41.8 Å². The van der Waals surface area contributed by atoms with Gasteiger partial charge >= 0.3 is 0 Å². The third kappa shape index (κ3) is 2.94. The van der Waals surface area contributed by atoms with Crippen LogP contribution in [0.25, 0.3) is 0 Å². The molecule has 1 heterocycles. The van der Waals surface area contributed by atoms with E-state index in [4.69, 9.17) is 5.73 Å². The Balaban J connectivity index is 2.43. The number of likely N-dealkylation sites (tertiary alicyclic amines) is 1. The second-order valence-electron chi connectivity index (χ2n) is 4.47. The van der Waals surface area contributed by atoms with E-state index >= 15 is 0 Å². The molecule has 3 heteroatoms. The Morgan fingerprint density at radius 2 is 2.29 bits per heavy atom. The molecule has 1 aliphatic heterocycles. The number of aliphatic hydroxyl groups is 1. The first-order valence-electron chi connectivity index (χ1n) is 5.81. The lowest BCUT2D eigenvalue weighted by atomic mass is 9.94. The predicted molar refractivity (Wildman–Crippen MR) is 59.1 cm³/mol. The highest BCUT2D eigenvalue weighted by Gasteiger charge is 2.27. The van der Waals surface area contributed by atoms with Crippen LogP contribution in [0, 0.1) is 5.92 Å². The Bertz CT molecular complexity index is 163. The van der Waals surface area contributed by atoms with Gasteiger partial charge in [0.1, 0.15) is 0 Å². The molecule has 3 atom stereocenters. The molecule has 0 aromatic carbocycles. The van der Waals surface area contributed by atoms with Crippen molar-refractivity contribution >= 4 is 0 Å². The molecule has 0 bridgehead atoms. The first kappa shape index (κ1) is 12.0. The van der Waals surface area contributed by atoms with Gasteiger partial charge in [-0.15, -0.1) is 0 Å². The Hall–Kier alpha value is -0.120. The van der Waals surface area contributed by atoms with Crippen LogP contribution in [-0.2, 0) is 0 Å². The topological polar surface area (TPSA) is 49.5 Å². The van der Waals surface area contributed by atoms with E-state index < -0.39 is 0 Å². The van der Waals surface area contributed by atoms with Crippen LogP contribution in [0.4, 0.5) is 0 Å². The number of nitrogens with zero attached hydrogens (tertiary/aromatic N) is 1. The number of hydrogen-bond acceptors (Lipinski definition) is 3. The van der Waals surface area contributed by atoms with Crippen LogP contribution in [0.3, 0.4) is 0 Å². The SMILES string of the molecule is CCC(CCN)N1CCC(O)C(C)C1. The smallest absolute Gasteiger partial charge is 0.0590 e. The van der Waals surface area contributed by atoms with Crippen molar-refractivity contribution in [1.29, 1.82) is 0 Å². The van der Waals surface area contributed by atoms with E-state index in [0.29, 0.717) is 12.0 Å². The van der Waals surface area contributed by atoms with Crippen molar-refractivity contribution in [3.63, 3.8) is 0 Å². The molecule has 0 aliphatic carbocycles. The summed E-state index contributed by atoms with van der Waals surface area (Å²) in [5.41, 5.74) is 5.60. The Kier molecular flexibility index (Phi) is 4.85. The van der Waals surface area contributed by atoms with Crippen LogP contribution >= 0.6 is 0 Å². The van der Waals surface area contributed by atoms with Gasteiger partial charge < -0.3 is 10.8 Å². The van der Waals surface area contributed by atoms with Crippen molar-refractivity contribution in [2.24, 2.45) is 11.7 Å². The summed E-state index contributed by atoms with van der Waals surface area (Å²) in [5.74, 6) is 0.413. The van der Waals surface area contributed by atoms with Crippen LogP contribution < -0.4 is 5.73 Å². The zero-order chi connectivity index (χ0) is 10.6. The first-order chi connectivity index (χ1) is 6.69. The van der Waals surface area contributed by atoms with E-state index in [1.165, 1.54) is 6.42 Å². The number of aliphatic hydroxyl groups excluding tert-OH is 1. The van der Waals surface area contributed by atoms with E-state index in [0.717, 1.165) is 32.5 Å². The fourth-order valence-electron chi connectivity index (χ4n) is 2.33. The predicted octanol–water partition coefficient (Wildman–Crippen LogP) is 0.817. The normalized spacial score (nSPS) is 31.7. The lowest BCUT2D eigenvalue weighted by Crippen LogP contribution is -2.47. The molecular weight excluding hydrogens is 176 g/mol. The van der Waals surface area contributed by atoms with Gasteiger partial charge in [0.15, 0.2) is 0 Å². The molecule has 0 radical (unpaired) electrons. The summed E-state index contributed by atoms with van der Waals surface area (Å²) in [6.45, 7) is 7.18. The highest BCUT2D eigenvalue weighted by atomic mass is 16.3. The minimum Gasteiger partial charge on any atom is -0.393 e. The molecule has 1 aliphatic rings. The maximum absolute atomic E-state index is 9.63. The monoisotopic (exact) mass is 200 g/mol. The molecular formula is C11H24N2O. The van der Waals surface area contributed by atoms with Crippen molar-refractivity contribution in [3.8, 4) is 0 Å². The molecule has 3 unspecified atom stereocenters. The van der Waals surface area contributed by atoms with Crippen LogP contribution in [0.2, 0.25) is 0 Å². The van der Waals surface area contributed by atoms with E-state index in [1.54, 1.807) is 0 Å². The zero-order valence-corrected chi connectivity index (χ0v) is 9.45. The second-order valence-corrected chi connectivity index (χ2v) is 4.47. The van der Waals surface area contributed by atoms with E-state index in [-0.39, 0.29) is 6.10 Å². The van der Waals surface area contributed by atoms with Gasteiger partial charge in [0.05, 0.1) is 6.10 Å². The third-order valence-corrected chi connectivity index (χ3v) is 3.38. The summed E-state index contributed by atoms with van der Waals surface area (Å²) in [4.78, 5) is 2.49. The number of rotatable bonds is 4. The van der Waals surface area contributed by atoms with E-state index in [9.17, 15) is 5.11 Å². The standard InChI is InChI=1S/C11H24N2O/c1-3-10(4-6-12)13-7-5-11(14)9(2)8-13/h9-11,14H,3-8,12H2,1-2H3. The lowest BCUT2D eigenvalue weighted by molar-refractivity contribution is 0.0152. The molecule has 1 saturated heterocycles. The van der Waals surface area contributed by atoms with Gasteiger partial charge in [0, 0.05) is 19.1 Å². The van der Waals surface area contributed by atoms with Gasteiger partial charge in [-0.05, 0) is 31.7 Å². The number of hydrogen-bond donors (Lipinski definition) is 2. The minimum absolute atomic E-state index is 0.0957. The lowest BCUT2D eigenvalue weighted by Gasteiger charge is -2.39. The summed E-state index contributed by atoms with van der Waals surface area (Å²) in [5, 5.41) is 9.63. The first-order valence-corrected chi connectivity index (χ1v) is 5.81. The Morgan fingerprint density at radius 1 is 1.57 bits per heavy atom. The summed E-state index contributed by atoms with van der Waals surface area (Å²) in [6.07, 6.45) is 3.07. The highest BCUT2D eigenvalue weighted by molar-refractivity contribution is 4.81.